The summed E-state index contributed by atoms with van der Waals surface area (Å²) < 4.78 is 16.6. The third-order valence-corrected chi connectivity index (χ3v) is 4.63. The van der Waals surface area contributed by atoms with Crippen LogP contribution >= 0.6 is 0 Å². The van der Waals surface area contributed by atoms with Crippen LogP contribution in [0.4, 0.5) is 0 Å². The number of likely N-dealkylation sites (tertiary alicyclic amines) is 1. The molecule has 1 N–H and O–H groups in total. The molecule has 0 radical (unpaired) electrons. The van der Waals surface area contributed by atoms with Gasteiger partial charge in [-0.2, -0.15) is 0 Å². The highest BCUT2D eigenvalue weighted by molar-refractivity contribution is 5.86. The zero-order valence-electron chi connectivity index (χ0n) is 14.2. The topological polar surface area (TPSA) is 76.0 Å². The van der Waals surface area contributed by atoms with Gasteiger partial charge in [0.1, 0.15) is 23.9 Å². The number of hydrogen-bond donors (Lipinski definition) is 1. The molecule has 130 valence electrons. The van der Waals surface area contributed by atoms with E-state index in [0.29, 0.717) is 17.9 Å². The lowest BCUT2D eigenvalue weighted by atomic mass is 10.1. The zero-order chi connectivity index (χ0) is 17.3. The number of hydrogen-bond acceptors (Lipinski definition) is 5. The van der Waals surface area contributed by atoms with E-state index in [9.17, 15) is 9.90 Å². The lowest BCUT2D eigenvalue weighted by molar-refractivity contribution is 0.0653. The summed E-state index contributed by atoms with van der Waals surface area (Å²) >= 11 is 0. The van der Waals surface area contributed by atoms with Gasteiger partial charge < -0.3 is 18.7 Å². The maximum atomic E-state index is 11.2. The molecule has 0 saturated carbocycles. The second-order valence-electron chi connectivity index (χ2n) is 6.27. The van der Waals surface area contributed by atoms with Gasteiger partial charge in [0.05, 0.1) is 12.1 Å². The van der Waals surface area contributed by atoms with Gasteiger partial charge in [-0.05, 0) is 51.4 Å². The standard InChI is InChI=1S/C18H23NO5/c1-11-9-16(24-17(11)18(20)21)12(2)19-8-4-5-14(19)15-7-6-13(23-15)10-22-3/h6-7,9,12,14H,4-5,8,10H2,1-3H3,(H,20,21). The fourth-order valence-corrected chi connectivity index (χ4v) is 3.44. The Morgan fingerprint density at radius 2 is 2.25 bits per heavy atom. The molecule has 0 amide bonds. The number of carbonyl (C=O) groups is 1. The quantitative estimate of drug-likeness (QED) is 0.863. The Balaban J connectivity index is 1.81. The highest BCUT2D eigenvalue weighted by Gasteiger charge is 2.34. The number of aromatic carboxylic acids is 1. The van der Waals surface area contributed by atoms with Crippen molar-refractivity contribution in [2.75, 3.05) is 13.7 Å². The van der Waals surface area contributed by atoms with E-state index < -0.39 is 5.97 Å². The van der Waals surface area contributed by atoms with Gasteiger partial charge in [0.2, 0.25) is 5.76 Å². The van der Waals surface area contributed by atoms with Crippen LogP contribution in [-0.4, -0.2) is 29.6 Å². The first-order valence-corrected chi connectivity index (χ1v) is 8.18. The molecule has 0 aliphatic carbocycles. The molecule has 2 atom stereocenters. The minimum atomic E-state index is -1.03. The first-order valence-electron chi connectivity index (χ1n) is 8.18. The molecule has 1 aliphatic heterocycles. The van der Waals surface area contributed by atoms with Gasteiger partial charge in [-0.3, -0.25) is 4.90 Å². The minimum absolute atomic E-state index is 0.0136. The van der Waals surface area contributed by atoms with E-state index in [2.05, 4.69) is 4.90 Å². The summed E-state index contributed by atoms with van der Waals surface area (Å²) in [5.74, 6) is 1.41. The highest BCUT2D eigenvalue weighted by atomic mass is 16.5. The maximum absolute atomic E-state index is 11.2. The fourth-order valence-electron chi connectivity index (χ4n) is 3.44. The predicted molar refractivity (Wildman–Crippen MR) is 86.9 cm³/mol. The first-order chi connectivity index (χ1) is 11.5. The Kier molecular flexibility index (Phi) is 4.78. The molecule has 1 saturated heterocycles. The van der Waals surface area contributed by atoms with Crippen LogP contribution in [0.15, 0.2) is 27.0 Å². The molecule has 2 aromatic rings. The molecule has 0 spiro atoms. The molecule has 0 bridgehead atoms. The van der Waals surface area contributed by atoms with Gasteiger partial charge in [-0.25, -0.2) is 4.79 Å². The Morgan fingerprint density at radius 1 is 1.46 bits per heavy atom. The van der Waals surface area contributed by atoms with Gasteiger partial charge in [-0.15, -0.1) is 0 Å². The lowest BCUT2D eigenvalue weighted by Crippen LogP contribution is -2.26. The number of carboxylic acid groups (broad SMARTS) is 1. The third-order valence-electron chi connectivity index (χ3n) is 4.63. The van der Waals surface area contributed by atoms with Crippen LogP contribution < -0.4 is 0 Å². The van der Waals surface area contributed by atoms with Gasteiger partial charge >= 0.3 is 5.97 Å². The molecule has 1 fully saturated rings. The Hall–Kier alpha value is -2.05. The molecule has 2 unspecified atom stereocenters. The second-order valence-corrected chi connectivity index (χ2v) is 6.27. The Labute approximate surface area is 141 Å². The molecule has 2 aromatic heterocycles. The summed E-state index contributed by atoms with van der Waals surface area (Å²) in [6.07, 6.45) is 2.08. The normalized spacial score (nSPS) is 19.7. The largest absolute Gasteiger partial charge is 0.475 e. The highest BCUT2D eigenvalue weighted by Crippen LogP contribution is 2.39. The fraction of sp³-hybridized carbons (Fsp3) is 0.500. The molecule has 1 aliphatic rings. The van der Waals surface area contributed by atoms with E-state index in [1.165, 1.54) is 0 Å². The van der Waals surface area contributed by atoms with Gasteiger partial charge in [0, 0.05) is 12.7 Å². The van der Waals surface area contributed by atoms with Crippen LogP contribution in [0.5, 0.6) is 0 Å². The molecule has 0 aromatic carbocycles. The average molecular weight is 333 g/mol. The van der Waals surface area contributed by atoms with Crippen LogP contribution in [-0.2, 0) is 11.3 Å². The van der Waals surface area contributed by atoms with Gasteiger partial charge in [0.25, 0.3) is 0 Å². The van der Waals surface area contributed by atoms with E-state index in [0.717, 1.165) is 30.9 Å². The van der Waals surface area contributed by atoms with E-state index in [1.54, 1.807) is 14.0 Å². The summed E-state index contributed by atoms with van der Waals surface area (Å²) in [6, 6.07) is 5.92. The molecule has 3 rings (SSSR count). The Morgan fingerprint density at radius 3 is 2.92 bits per heavy atom. The number of nitrogens with zero attached hydrogens (tertiary/aromatic N) is 1. The van der Waals surface area contributed by atoms with E-state index >= 15 is 0 Å². The molecular weight excluding hydrogens is 310 g/mol. The molecule has 24 heavy (non-hydrogen) atoms. The predicted octanol–water partition coefficient (Wildman–Crippen LogP) is 3.92. The van der Waals surface area contributed by atoms with Crippen LogP contribution in [0.3, 0.4) is 0 Å². The number of rotatable bonds is 6. The van der Waals surface area contributed by atoms with E-state index in [-0.39, 0.29) is 17.8 Å². The molecule has 6 nitrogen and oxygen atoms in total. The summed E-state index contributed by atoms with van der Waals surface area (Å²) in [4.78, 5) is 13.5. The van der Waals surface area contributed by atoms with Crippen molar-refractivity contribution >= 4 is 5.97 Å². The lowest BCUT2D eigenvalue weighted by Gasteiger charge is -2.28. The minimum Gasteiger partial charge on any atom is -0.475 e. The van der Waals surface area contributed by atoms with Crippen LogP contribution in [0.25, 0.3) is 0 Å². The average Bonchev–Trinajstić information content (AvgIpc) is 3.24. The van der Waals surface area contributed by atoms with Crippen molar-refractivity contribution in [1.29, 1.82) is 0 Å². The van der Waals surface area contributed by atoms with Crippen molar-refractivity contribution in [3.63, 3.8) is 0 Å². The van der Waals surface area contributed by atoms with Gasteiger partial charge in [0.15, 0.2) is 0 Å². The van der Waals surface area contributed by atoms with E-state index in [4.69, 9.17) is 13.6 Å². The SMILES string of the molecule is COCc1ccc(C2CCCN2C(C)c2cc(C)c(C(=O)O)o2)o1. The monoisotopic (exact) mass is 333 g/mol. The number of ether oxygens (including phenoxy) is 1. The first kappa shape index (κ1) is 16.8. The Bertz CT molecular complexity index is 717. The third kappa shape index (κ3) is 3.12. The zero-order valence-corrected chi connectivity index (χ0v) is 14.2. The van der Waals surface area contributed by atoms with Crippen LogP contribution in [0.2, 0.25) is 0 Å². The van der Waals surface area contributed by atoms with Crippen LogP contribution in [0, 0.1) is 6.92 Å². The summed E-state index contributed by atoms with van der Waals surface area (Å²) in [5, 5.41) is 9.18. The molecule has 3 heterocycles. The second kappa shape index (κ2) is 6.83. The van der Waals surface area contributed by atoms with Crippen LogP contribution in [0.1, 0.15) is 65.2 Å². The number of methoxy groups -OCH3 is 1. The molecule has 6 heteroatoms. The maximum Gasteiger partial charge on any atom is 0.372 e. The van der Waals surface area contributed by atoms with Crippen molar-refractivity contribution in [3.8, 4) is 0 Å². The van der Waals surface area contributed by atoms with E-state index in [1.807, 2.05) is 25.1 Å². The molecular formula is C18H23NO5. The number of aryl methyl sites for hydroxylation is 1. The van der Waals surface area contributed by atoms with Gasteiger partial charge in [-0.1, -0.05) is 0 Å². The summed E-state index contributed by atoms with van der Waals surface area (Å²) in [7, 11) is 1.64. The van der Waals surface area contributed by atoms with Crippen molar-refractivity contribution in [2.24, 2.45) is 0 Å². The van der Waals surface area contributed by atoms with Crippen molar-refractivity contribution in [2.45, 2.75) is 45.4 Å². The number of carboxylic acids is 1. The summed E-state index contributed by atoms with van der Waals surface area (Å²) in [6.45, 7) is 5.19. The smallest absolute Gasteiger partial charge is 0.372 e. The number of furan rings is 2. The summed E-state index contributed by atoms with van der Waals surface area (Å²) in [5.41, 5.74) is 0.653. The van der Waals surface area contributed by atoms with Crippen molar-refractivity contribution < 1.29 is 23.5 Å². The van der Waals surface area contributed by atoms with Crippen molar-refractivity contribution in [1.82, 2.24) is 4.90 Å². The van der Waals surface area contributed by atoms with Crippen molar-refractivity contribution in [3.05, 3.63) is 46.8 Å².